The van der Waals surface area contributed by atoms with Crippen molar-refractivity contribution in [1.29, 1.82) is 0 Å². The maximum absolute atomic E-state index is 12.5. The second-order valence-electron chi connectivity index (χ2n) is 5.66. The van der Waals surface area contributed by atoms with Crippen molar-refractivity contribution in [2.45, 2.75) is 38.6 Å². The Labute approximate surface area is 125 Å². The Bertz CT molecular complexity index is 653. The van der Waals surface area contributed by atoms with Crippen LogP contribution in [0.2, 0.25) is 0 Å². The molecule has 6 heteroatoms. The van der Waals surface area contributed by atoms with Gasteiger partial charge in [-0.15, -0.1) is 0 Å². The summed E-state index contributed by atoms with van der Waals surface area (Å²) in [5.41, 5.74) is 1.37. The first-order chi connectivity index (χ1) is 10.0. The molecule has 0 bridgehead atoms. The number of carbonyl (C=O) groups excluding carboxylic acids is 1. The molecule has 1 aromatic carbocycles. The van der Waals surface area contributed by atoms with Crippen LogP contribution in [0, 0.1) is 0 Å². The van der Waals surface area contributed by atoms with Gasteiger partial charge < -0.3 is 4.90 Å². The molecule has 1 aromatic rings. The van der Waals surface area contributed by atoms with Crippen molar-refractivity contribution in [3.05, 3.63) is 24.3 Å². The number of hydrogen-bond donors (Lipinski definition) is 0. The van der Waals surface area contributed by atoms with E-state index >= 15 is 0 Å². The number of fused-ring (bicyclic) bond motifs is 1. The van der Waals surface area contributed by atoms with Gasteiger partial charge in [-0.1, -0.05) is 25.5 Å². The first kappa shape index (κ1) is 14.4. The van der Waals surface area contributed by atoms with Gasteiger partial charge in [-0.05, 0) is 31.4 Å². The van der Waals surface area contributed by atoms with Crippen molar-refractivity contribution in [2.75, 3.05) is 21.5 Å². The van der Waals surface area contributed by atoms with Crippen molar-refractivity contribution in [1.82, 2.24) is 0 Å². The molecular formula is C15H20N2O3S. The van der Waals surface area contributed by atoms with Gasteiger partial charge >= 0.3 is 0 Å². The van der Waals surface area contributed by atoms with Crippen LogP contribution >= 0.6 is 0 Å². The normalized spacial score (nSPS) is 18.8. The van der Waals surface area contributed by atoms with Gasteiger partial charge in [0.05, 0.1) is 17.1 Å². The SMILES string of the molecule is CCCCS(=O)(=O)N1CC(=O)N(C2CC2)c2ccccc21. The summed E-state index contributed by atoms with van der Waals surface area (Å²) in [5, 5.41) is 0. The van der Waals surface area contributed by atoms with E-state index in [0.29, 0.717) is 12.1 Å². The molecule has 1 aliphatic heterocycles. The van der Waals surface area contributed by atoms with Crippen molar-refractivity contribution >= 4 is 27.3 Å². The average Bonchev–Trinajstić information content (AvgIpc) is 3.28. The van der Waals surface area contributed by atoms with E-state index in [0.717, 1.165) is 24.9 Å². The van der Waals surface area contributed by atoms with Crippen LogP contribution in [0.1, 0.15) is 32.6 Å². The molecule has 2 aliphatic rings. The molecule has 21 heavy (non-hydrogen) atoms. The van der Waals surface area contributed by atoms with Gasteiger partial charge in [-0.2, -0.15) is 0 Å². The number of rotatable bonds is 5. The monoisotopic (exact) mass is 308 g/mol. The molecule has 0 unspecified atom stereocenters. The first-order valence-corrected chi connectivity index (χ1v) is 9.07. The Morgan fingerprint density at radius 3 is 2.48 bits per heavy atom. The average molecular weight is 308 g/mol. The van der Waals surface area contributed by atoms with Gasteiger partial charge in [0.15, 0.2) is 0 Å². The highest BCUT2D eigenvalue weighted by atomic mass is 32.2. The van der Waals surface area contributed by atoms with Crippen LogP contribution in [0.4, 0.5) is 11.4 Å². The van der Waals surface area contributed by atoms with Crippen LogP contribution < -0.4 is 9.21 Å². The quantitative estimate of drug-likeness (QED) is 0.837. The van der Waals surface area contributed by atoms with Gasteiger partial charge in [-0.3, -0.25) is 9.10 Å². The van der Waals surface area contributed by atoms with Crippen molar-refractivity contribution in [3.8, 4) is 0 Å². The lowest BCUT2D eigenvalue weighted by Gasteiger charge is -2.36. The third kappa shape index (κ3) is 2.64. The number of unbranched alkanes of at least 4 members (excludes halogenated alkanes) is 1. The number of sulfonamides is 1. The molecule has 0 atom stereocenters. The zero-order valence-electron chi connectivity index (χ0n) is 12.2. The van der Waals surface area contributed by atoms with Crippen LogP contribution in [0.25, 0.3) is 0 Å². The van der Waals surface area contributed by atoms with E-state index in [1.165, 1.54) is 4.31 Å². The van der Waals surface area contributed by atoms with E-state index in [2.05, 4.69) is 0 Å². The van der Waals surface area contributed by atoms with Gasteiger partial charge in [0.2, 0.25) is 15.9 Å². The van der Waals surface area contributed by atoms with Crippen LogP contribution in [0.5, 0.6) is 0 Å². The predicted molar refractivity (Wildman–Crippen MR) is 83.0 cm³/mol. The van der Waals surface area contributed by atoms with Crippen molar-refractivity contribution in [3.63, 3.8) is 0 Å². The highest BCUT2D eigenvalue weighted by Crippen LogP contribution is 2.41. The fraction of sp³-hybridized carbons (Fsp3) is 0.533. The lowest BCUT2D eigenvalue weighted by Crippen LogP contribution is -2.49. The van der Waals surface area contributed by atoms with E-state index < -0.39 is 10.0 Å². The number of hydrogen-bond acceptors (Lipinski definition) is 3. The Morgan fingerprint density at radius 1 is 1.19 bits per heavy atom. The molecule has 1 aliphatic carbocycles. The molecule has 0 radical (unpaired) electrons. The number of nitrogens with zero attached hydrogens (tertiary/aromatic N) is 2. The smallest absolute Gasteiger partial charge is 0.248 e. The minimum atomic E-state index is -3.43. The van der Waals surface area contributed by atoms with E-state index in [1.54, 1.807) is 11.0 Å². The zero-order chi connectivity index (χ0) is 15.0. The summed E-state index contributed by atoms with van der Waals surface area (Å²) in [6.07, 6.45) is 3.43. The second-order valence-corrected chi connectivity index (χ2v) is 7.67. The summed E-state index contributed by atoms with van der Waals surface area (Å²) in [6.45, 7) is 1.89. The maximum atomic E-state index is 12.5. The largest absolute Gasteiger partial charge is 0.306 e. The van der Waals surface area contributed by atoms with Gasteiger partial charge in [0, 0.05) is 6.04 Å². The lowest BCUT2D eigenvalue weighted by atomic mass is 10.2. The highest BCUT2D eigenvalue weighted by molar-refractivity contribution is 7.92. The van der Waals surface area contributed by atoms with Gasteiger partial charge in [0.1, 0.15) is 6.54 Å². The van der Waals surface area contributed by atoms with Crippen molar-refractivity contribution < 1.29 is 13.2 Å². The Morgan fingerprint density at radius 2 is 1.86 bits per heavy atom. The summed E-state index contributed by atoms with van der Waals surface area (Å²) < 4.78 is 26.3. The zero-order valence-corrected chi connectivity index (χ0v) is 13.0. The molecule has 0 N–H and O–H groups in total. The molecule has 1 fully saturated rings. The number of carbonyl (C=O) groups is 1. The van der Waals surface area contributed by atoms with E-state index in [9.17, 15) is 13.2 Å². The summed E-state index contributed by atoms with van der Waals surface area (Å²) >= 11 is 0. The van der Waals surface area contributed by atoms with E-state index in [4.69, 9.17) is 0 Å². The summed E-state index contributed by atoms with van der Waals surface area (Å²) in [7, 11) is -3.43. The second kappa shape index (κ2) is 5.33. The number of anilines is 2. The molecule has 114 valence electrons. The summed E-state index contributed by atoms with van der Waals surface area (Å²) in [6, 6.07) is 7.55. The molecule has 5 nitrogen and oxygen atoms in total. The van der Waals surface area contributed by atoms with Crippen LogP contribution in [-0.4, -0.2) is 32.7 Å². The first-order valence-electron chi connectivity index (χ1n) is 7.46. The molecule has 1 heterocycles. The lowest BCUT2D eigenvalue weighted by molar-refractivity contribution is -0.117. The highest BCUT2D eigenvalue weighted by Gasteiger charge is 2.41. The number of benzene rings is 1. The molecule has 1 saturated carbocycles. The minimum Gasteiger partial charge on any atom is -0.306 e. The van der Waals surface area contributed by atoms with Gasteiger partial charge in [0.25, 0.3) is 0 Å². The predicted octanol–water partition coefficient (Wildman–Crippen LogP) is 2.13. The Hall–Kier alpha value is -1.56. The standard InChI is InChI=1S/C15H20N2O3S/c1-2-3-10-21(19,20)16-11-15(18)17(12-8-9-12)14-7-5-4-6-13(14)16/h4-7,12H,2-3,8-11H2,1H3. The fourth-order valence-corrected chi connectivity index (χ4v) is 4.35. The third-order valence-electron chi connectivity index (χ3n) is 3.96. The van der Waals surface area contributed by atoms with E-state index in [-0.39, 0.29) is 24.2 Å². The topological polar surface area (TPSA) is 57.7 Å². The Kier molecular flexibility index (Phi) is 3.65. The van der Waals surface area contributed by atoms with Crippen LogP contribution in [0.15, 0.2) is 24.3 Å². The summed E-state index contributed by atoms with van der Waals surface area (Å²) in [4.78, 5) is 14.2. The minimum absolute atomic E-state index is 0.0699. The fourth-order valence-electron chi connectivity index (χ4n) is 2.72. The summed E-state index contributed by atoms with van der Waals surface area (Å²) in [5.74, 6) is -0.0228. The van der Waals surface area contributed by atoms with Crippen LogP contribution in [0.3, 0.4) is 0 Å². The third-order valence-corrected chi connectivity index (χ3v) is 5.76. The molecule has 0 saturated heterocycles. The molecule has 0 spiro atoms. The maximum Gasteiger partial charge on any atom is 0.248 e. The number of para-hydroxylation sites is 2. The van der Waals surface area contributed by atoms with E-state index in [1.807, 2.05) is 25.1 Å². The molecular weight excluding hydrogens is 288 g/mol. The number of amides is 1. The van der Waals surface area contributed by atoms with Crippen molar-refractivity contribution in [2.24, 2.45) is 0 Å². The van der Waals surface area contributed by atoms with Crippen LogP contribution in [-0.2, 0) is 14.8 Å². The molecule has 0 aromatic heterocycles. The molecule has 3 rings (SSSR count). The van der Waals surface area contributed by atoms with Gasteiger partial charge in [-0.25, -0.2) is 8.42 Å². The Balaban J connectivity index is 2.00. The molecule has 1 amide bonds.